The summed E-state index contributed by atoms with van der Waals surface area (Å²) in [5.41, 5.74) is 1.29. The first-order chi connectivity index (χ1) is 16.0. The fourth-order valence-corrected chi connectivity index (χ4v) is 5.51. The molecular formula is C26H16F3NS3. The second-order valence-electron chi connectivity index (χ2n) is 7.16. The van der Waals surface area contributed by atoms with E-state index in [0.29, 0.717) is 17.5 Å². The van der Waals surface area contributed by atoms with E-state index in [9.17, 15) is 13.2 Å². The van der Waals surface area contributed by atoms with E-state index in [1.54, 1.807) is 12.1 Å². The molecule has 0 aliphatic rings. The molecule has 0 spiro atoms. The van der Waals surface area contributed by atoms with Gasteiger partial charge in [-0.15, -0.1) is 22.7 Å². The molecule has 1 nitrogen and oxygen atoms in total. The van der Waals surface area contributed by atoms with Crippen molar-refractivity contribution in [3.8, 4) is 11.8 Å². The van der Waals surface area contributed by atoms with Gasteiger partial charge in [0.05, 0.1) is 10.0 Å². The Morgan fingerprint density at radius 2 is 1.67 bits per heavy atom. The Morgan fingerprint density at radius 1 is 0.909 bits per heavy atom. The number of thiophene rings is 2. The van der Waals surface area contributed by atoms with Gasteiger partial charge in [0.15, 0.2) is 5.82 Å². The molecule has 2 aromatic heterocycles. The zero-order valence-corrected chi connectivity index (χ0v) is 19.9. The molecule has 0 amide bonds. The van der Waals surface area contributed by atoms with Gasteiger partial charge in [-0.25, -0.2) is 13.2 Å². The summed E-state index contributed by atoms with van der Waals surface area (Å²) in [5.74, 6) is 4.39. The number of hydrogen-bond acceptors (Lipinski definition) is 4. The molecule has 0 saturated heterocycles. The van der Waals surface area contributed by atoms with Crippen LogP contribution in [0.15, 0.2) is 47.5 Å². The fourth-order valence-electron chi connectivity index (χ4n) is 3.25. The van der Waals surface area contributed by atoms with Gasteiger partial charge >= 0.3 is 0 Å². The minimum absolute atomic E-state index is 0.0345. The quantitative estimate of drug-likeness (QED) is 0.153. The van der Waals surface area contributed by atoms with Crippen LogP contribution in [-0.4, -0.2) is 5.16 Å². The van der Waals surface area contributed by atoms with Gasteiger partial charge in [0.1, 0.15) is 17.3 Å². The number of rotatable bonds is 5. The van der Waals surface area contributed by atoms with Crippen LogP contribution in [0.1, 0.15) is 39.8 Å². The first-order valence-electron chi connectivity index (χ1n) is 10.1. The number of thiocarbonyl (C=S) groups is 1. The number of halogens is 3. The van der Waals surface area contributed by atoms with E-state index in [1.807, 2.05) is 19.1 Å². The number of nitrogens with zero attached hydrogens (tertiary/aromatic N) is 1. The standard InChI is InChI=1S/C26H16F3NS3/c1-2-3-17-11-21(27)20(22(28)12-17)8-7-19-14-26-25(33-19)13-18(32-26)6-4-16-5-9-24(30-15-31)23(29)10-16/h5,7-14H,2-3H2,1H3/b8-7+. The average molecular weight is 496 g/mol. The van der Waals surface area contributed by atoms with Crippen molar-refractivity contribution in [2.75, 3.05) is 0 Å². The number of hydrogen-bond donors (Lipinski definition) is 0. The van der Waals surface area contributed by atoms with Crippen LogP contribution < -0.4 is 0 Å². The van der Waals surface area contributed by atoms with Crippen molar-refractivity contribution in [1.82, 2.24) is 0 Å². The SMILES string of the molecule is CCCc1cc(F)c(/C=C/c2cc3sc(C#Cc4ccc(N=C=S)c(F)c4)cc3s2)c(F)c1. The summed E-state index contributed by atoms with van der Waals surface area (Å²) in [7, 11) is 0. The third-order valence-corrected chi connectivity index (χ3v) is 7.03. The Hall–Kier alpha value is -3.01. The summed E-state index contributed by atoms with van der Waals surface area (Å²) < 4.78 is 44.6. The molecule has 0 aliphatic carbocycles. The lowest BCUT2D eigenvalue weighted by atomic mass is 10.1. The maximum atomic E-state index is 14.3. The van der Waals surface area contributed by atoms with Crippen LogP contribution in [0.2, 0.25) is 0 Å². The van der Waals surface area contributed by atoms with E-state index in [-0.39, 0.29) is 11.3 Å². The van der Waals surface area contributed by atoms with E-state index in [0.717, 1.165) is 25.6 Å². The highest BCUT2D eigenvalue weighted by Crippen LogP contribution is 2.34. The van der Waals surface area contributed by atoms with E-state index in [4.69, 9.17) is 0 Å². The molecule has 0 N–H and O–H groups in total. The Balaban J connectivity index is 1.52. The Labute approximate surface area is 202 Å². The average Bonchev–Trinajstić information content (AvgIpc) is 3.32. The molecule has 0 bridgehead atoms. The molecule has 4 aromatic rings. The summed E-state index contributed by atoms with van der Waals surface area (Å²) in [6.07, 6.45) is 4.67. The van der Waals surface area contributed by atoms with Crippen molar-refractivity contribution in [3.63, 3.8) is 0 Å². The van der Waals surface area contributed by atoms with Crippen molar-refractivity contribution in [1.29, 1.82) is 0 Å². The molecule has 0 fully saturated rings. The number of aryl methyl sites for hydroxylation is 1. The normalized spacial score (nSPS) is 10.9. The van der Waals surface area contributed by atoms with Crippen LogP contribution in [-0.2, 0) is 6.42 Å². The van der Waals surface area contributed by atoms with Gasteiger partial charge in [-0.05, 0) is 78.8 Å². The highest BCUT2D eigenvalue weighted by molar-refractivity contribution is 7.78. The summed E-state index contributed by atoms with van der Waals surface area (Å²) in [6, 6.07) is 11.2. The van der Waals surface area contributed by atoms with E-state index in [1.165, 1.54) is 53.0 Å². The number of benzene rings is 2. The van der Waals surface area contributed by atoms with E-state index < -0.39 is 17.5 Å². The van der Waals surface area contributed by atoms with Crippen LogP contribution in [0.4, 0.5) is 18.9 Å². The number of aliphatic imine (C=N–C) groups is 1. The molecule has 0 aliphatic heterocycles. The maximum Gasteiger partial charge on any atom is 0.150 e. The molecule has 4 rings (SSSR count). The van der Waals surface area contributed by atoms with Gasteiger partial charge in [0, 0.05) is 25.4 Å². The van der Waals surface area contributed by atoms with Crippen molar-refractivity contribution in [2.24, 2.45) is 4.99 Å². The molecule has 2 aromatic carbocycles. The van der Waals surface area contributed by atoms with Gasteiger partial charge in [-0.2, -0.15) is 4.99 Å². The zero-order valence-electron chi connectivity index (χ0n) is 17.4. The summed E-state index contributed by atoms with van der Waals surface area (Å²) in [4.78, 5) is 5.39. The Kier molecular flexibility index (Phi) is 7.22. The zero-order chi connectivity index (χ0) is 23.4. The van der Waals surface area contributed by atoms with E-state index >= 15 is 0 Å². The lowest BCUT2D eigenvalue weighted by molar-refractivity contribution is 0.574. The third kappa shape index (κ3) is 5.50. The fraction of sp³-hybridized carbons (Fsp3) is 0.115. The monoisotopic (exact) mass is 495 g/mol. The predicted octanol–water partition coefficient (Wildman–Crippen LogP) is 8.64. The van der Waals surface area contributed by atoms with Gasteiger partial charge in [0.25, 0.3) is 0 Å². The largest absolute Gasteiger partial charge is 0.206 e. The number of isothiocyanates is 1. The molecular weight excluding hydrogens is 479 g/mol. The summed E-state index contributed by atoms with van der Waals surface area (Å²) in [6.45, 7) is 1.97. The highest BCUT2D eigenvalue weighted by Gasteiger charge is 2.09. The minimum atomic E-state index is -0.552. The first-order valence-corrected chi connectivity index (χ1v) is 12.1. The molecule has 164 valence electrons. The van der Waals surface area contributed by atoms with Crippen LogP contribution in [0.3, 0.4) is 0 Å². The molecule has 0 unspecified atom stereocenters. The second-order valence-corrected chi connectivity index (χ2v) is 9.55. The predicted molar refractivity (Wildman–Crippen MR) is 136 cm³/mol. The Morgan fingerprint density at radius 3 is 2.33 bits per heavy atom. The van der Waals surface area contributed by atoms with Gasteiger partial charge in [0.2, 0.25) is 0 Å². The lowest BCUT2D eigenvalue weighted by Crippen LogP contribution is -1.93. The number of fused-ring (bicyclic) bond motifs is 1. The first kappa shape index (κ1) is 23.2. The van der Waals surface area contributed by atoms with Crippen molar-refractivity contribution < 1.29 is 13.2 Å². The van der Waals surface area contributed by atoms with E-state index in [2.05, 4.69) is 34.2 Å². The summed E-state index contributed by atoms with van der Waals surface area (Å²) in [5, 5.41) is 2.14. The van der Waals surface area contributed by atoms with Crippen LogP contribution >= 0.6 is 34.9 Å². The summed E-state index contributed by atoms with van der Waals surface area (Å²) >= 11 is 7.51. The smallest absolute Gasteiger partial charge is 0.150 e. The topological polar surface area (TPSA) is 12.4 Å². The highest BCUT2D eigenvalue weighted by atomic mass is 32.1. The molecule has 0 atom stereocenters. The molecule has 33 heavy (non-hydrogen) atoms. The molecule has 2 heterocycles. The van der Waals surface area contributed by atoms with Crippen LogP contribution in [0.5, 0.6) is 0 Å². The van der Waals surface area contributed by atoms with Crippen molar-refractivity contribution >= 4 is 67.3 Å². The Bertz CT molecular complexity index is 1420. The van der Waals surface area contributed by atoms with Gasteiger partial charge in [-0.1, -0.05) is 25.2 Å². The molecule has 0 saturated carbocycles. The third-order valence-electron chi connectivity index (χ3n) is 4.76. The molecule has 0 radical (unpaired) electrons. The van der Waals surface area contributed by atoms with Crippen molar-refractivity contribution in [3.05, 3.63) is 86.4 Å². The molecule has 7 heteroatoms. The minimum Gasteiger partial charge on any atom is -0.206 e. The van der Waals surface area contributed by atoms with Crippen LogP contribution in [0.25, 0.3) is 21.6 Å². The van der Waals surface area contributed by atoms with Gasteiger partial charge in [-0.3, -0.25) is 0 Å². The second kappa shape index (κ2) is 10.3. The van der Waals surface area contributed by atoms with Crippen LogP contribution in [0, 0.1) is 29.3 Å². The van der Waals surface area contributed by atoms with Crippen molar-refractivity contribution in [2.45, 2.75) is 19.8 Å². The van der Waals surface area contributed by atoms with Gasteiger partial charge < -0.3 is 0 Å². The maximum absolute atomic E-state index is 14.3. The lowest BCUT2D eigenvalue weighted by Gasteiger charge is -2.04.